The van der Waals surface area contributed by atoms with Crippen molar-refractivity contribution in [2.75, 3.05) is 47.1 Å². The second kappa shape index (κ2) is 12.0. The third-order valence-electron chi connectivity index (χ3n) is 4.03. The molecule has 25 heavy (non-hydrogen) atoms. The minimum absolute atomic E-state index is 0. The Bertz CT molecular complexity index is 563. The highest BCUT2D eigenvalue weighted by atomic mass is 127. The second-order valence-electron chi connectivity index (χ2n) is 5.80. The van der Waals surface area contributed by atoms with E-state index in [1.165, 1.54) is 12.1 Å². The lowest BCUT2D eigenvalue weighted by Gasteiger charge is -2.22. The monoisotopic (exact) mass is 529 g/mol. The molecule has 0 spiro atoms. The van der Waals surface area contributed by atoms with E-state index in [1.807, 2.05) is 0 Å². The molecule has 8 heteroatoms. The smallest absolute Gasteiger partial charge is 0.193 e. The van der Waals surface area contributed by atoms with Crippen molar-refractivity contribution in [3.05, 3.63) is 34.1 Å². The normalized spacial score (nSPS) is 17.5. The van der Waals surface area contributed by atoms with Crippen molar-refractivity contribution < 1.29 is 13.9 Å². The highest BCUT2D eigenvalue weighted by Gasteiger charge is 2.25. The molecule has 0 radical (unpaired) electrons. The van der Waals surface area contributed by atoms with Crippen LogP contribution in [0.3, 0.4) is 0 Å². The van der Waals surface area contributed by atoms with Gasteiger partial charge >= 0.3 is 0 Å². The summed E-state index contributed by atoms with van der Waals surface area (Å²) >= 11 is 3.45. The molecular formula is C17H26BrFIN3O2. The van der Waals surface area contributed by atoms with Gasteiger partial charge in [0.25, 0.3) is 0 Å². The zero-order chi connectivity index (χ0) is 17.4. The maximum Gasteiger partial charge on any atom is 0.193 e. The van der Waals surface area contributed by atoms with Crippen LogP contribution in [-0.2, 0) is 16.0 Å². The maximum absolute atomic E-state index is 13.4. The Morgan fingerprint density at radius 1 is 1.44 bits per heavy atom. The van der Waals surface area contributed by atoms with E-state index in [0.717, 1.165) is 42.1 Å². The van der Waals surface area contributed by atoms with Crippen LogP contribution in [0.25, 0.3) is 0 Å². The molecule has 1 fully saturated rings. The lowest BCUT2D eigenvalue weighted by Crippen LogP contribution is -2.40. The lowest BCUT2D eigenvalue weighted by molar-refractivity contribution is 0.0536. The van der Waals surface area contributed by atoms with Crippen LogP contribution in [0.1, 0.15) is 12.0 Å². The topological polar surface area (TPSA) is 46.1 Å². The molecule has 0 aromatic heterocycles. The predicted molar refractivity (Wildman–Crippen MR) is 112 cm³/mol. The number of methoxy groups -OCH3 is 1. The Morgan fingerprint density at radius 2 is 2.24 bits per heavy atom. The molecule has 0 amide bonds. The van der Waals surface area contributed by atoms with Crippen LogP contribution in [0, 0.1) is 11.7 Å². The van der Waals surface area contributed by atoms with Crippen molar-refractivity contribution in [3.8, 4) is 0 Å². The first-order valence-corrected chi connectivity index (χ1v) is 8.89. The van der Waals surface area contributed by atoms with E-state index in [1.54, 1.807) is 20.2 Å². The number of hydrogen-bond acceptors (Lipinski definition) is 3. The summed E-state index contributed by atoms with van der Waals surface area (Å²) in [4.78, 5) is 6.56. The maximum atomic E-state index is 13.4. The Morgan fingerprint density at radius 3 is 2.96 bits per heavy atom. The molecule has 2 rings (SSSR count). The van der Waals surface area contributed by atoms with E-state index >= 15 is 0 Å². The first-order chi connectivity index (χ1) is 11.6. The predicted octanol–water partition coefficient (Wildman–Crippen LogP) is 3.27. The number of rotatable bonds is 7. The van der Waals surface area contributed by atoms with E-state index in [2.05, 4.69) is 31.1 Å². The third kappa shape index (κ3) is 7.36. The third-order valence-corrected chi connectivity index (χ3v) is 4.80. The lowest BCUT2D eigenvalue weighted by atomic mass is 10.1. The van der Waals surface area contributed by atoms with Gasteiger partial charge in [-0.05, 0) is 30.2 Å². The fourth-order valence-electron chi connectivity index (χ4n) is 2.74. The minimum atomic E-state index is -0.237. The van der Waals surface area contributed by atoms with Crippen LogP contribution >= 0.6 is 39.9 Å². The molecule has 0 aliphatic carbocycles. The van der Waals surface area contributed by atoms with E-state index in [0.29, 0.717) is 25.7 Å². The molecule has 1 atom stereocenters. The van der Waals surface area contributed by atoms with Crippen LogP contribution in [0.2, 0.25) is 0 Å². The molecular weight excluding hydrogens is 504 g/mol. The van der Waals surface area contributed by atoms with Gasteiger partial charge in [0.2, 0.25) is 0 Å². The molecule has 142 valence electrons. The van der Waals surface area contributed by atoms with Gasteiger partial charge in [-0.3, -0.25) is 4.99 Å². The Hall–Kier alpha value is -0.450. The van der Waals surface area contributed by atoms with Crippen LogP contribution < -0.4 is 5.32 Å². The van der Waals surface area contributed by atoms with E-state index in [-0.39, 0.29) is 29.8 Å². The summed E-state index contributed by atoms with van der Waals surface area (Å²) in [5.41, 5.74) is 0.870. The van der Waals surface area contributed by atoms with Crippen LogP contribution in [0.4, 0.5) is 4.39 Å². The van der Waals surface area contributed by atoms with Gasteiger partial charge < -0.3 is 19.7 Å². The highest BCUT2D eigenvalue weighted by molar-refractivity contribution is 14.0. The second-order valence-corrected chi connectivity index (χ2v) is 6.66. The van der Waals surface area contributed by atoms with Gasteiger partial charge in [-0.15, -0.1) is 24.0 Å². The fraction of sp³-hybridized carbons (Fsp3) is 0.588. The summed E-state index contributed by atoms with van der Waals surface area (Å²) in [6, 6.07) is 4.69. The number of guanidine groups is 1. The molecule has 5 nitrogen and oxygen atoms in total. The number of nitrogens with zero attached hydrogens (tertiary/aromatic N) is 2. The quantitative estimate of drug-likeness (QED) is 0.255. The zero-order valence-electron chi connectivity index (χ0n) is 14.6. The van der Waals surface area contributed by atoms with Crippen LogP contribution in [0.5, 0.6) is 0 Å². The summed E-state index contributed by atoms with van der Waals surface area (Å²) in [5.74, 6) is 1.10. The van der Waals surface area contributed by atoms with E-state index in [9.17, 15) is 4.39 Å². The number of ether oxygens (including phenoxy) is 2. The standard InChI is InChI=1S/C17H25BrFN3O2.HI/c1-20-17(21-10-14-9-15(19)3-4-16(14)18)22-6-5-13(11-22)12-24-8-7-23-2;/h3-4,9,13H,5-8,10-12H2,1-2H3,(H,20,21);1H. The fourth-order valence-corrected chi connectivity index (χ4v) is 3.13. The molecule has 1 aromatic carbocycles. The molecule has 1 saturated heterocycles. The van der Waals surface area contributed by atoms with Crippen LogP contribution in [0.15, 0.2) is 27.7 Å². The Labute approximate surface area is 174 Å². The number of aliphatic imine (C=N–C) groups is 1. The molecule has 1 heterocycles. The zero-order valence-corrected chi connectivity index (χ0v) is 18.6. The first-order valence-electron chi connectivity index (χ1n) is 8.10. The minimum Gasteiger partial charge on any atom is -0.382 e. The largest absolute Gasteiger partial charge is 0.382 e. The van der Waals surface area contributed by atoms with Crippen LogP contribution in [-0.4, -0.2) is 57.9 Å². The Balaban J connectivity index is 0.00000312. The number of halogens is 3. The van der Waals surface area contributed by atoms with Crippen molar-refractivity contribution in [2.24, 2.45) is 10.9 Å². The van der Waals surface area contributed by atoms with E-state index in [4.69, 9.17) is 9.47 Å². The highest BCUT2D eigenvalue weighted by Crippen LogP contribution is 2.19. The van der Waals surface area contributed by atoms with Gasteiger partial charge in [0.1, 0.15) is 5.82 Å². The molecule has 1 aliphatic heterocycles. The van der Waals surface area contributed by atoms with Gasteiger partial charge in [-0.1, -0.05) is 15.9 Å². The summed E-state index contributed by atoms with van der Waals surface area (Å²) in [6.45, 7) is 4.39. The molecule has 1 N–H and O–H groups in total. The Kier molecular flexibility index (Phi) is 10.9. The molecule has 0 bridgehead atoms. The van der Waals surface area contributed by atoms with Crippen molar-refractivity contribution in [3.63, 3.8) is 0 Å². The first kappa shape index (κ1) is 22.6. The average molecular weight is 530 g/mol. The molecule has 0 saturated carbocycles. The number of likely N-dealkylation sites (tertiary alicyclic amines) is 1. The van der Waals surface area contributed by atoms with Crippen molar-refractivity contribution in [1.82, 2.24) is 10.2 Å². The SMILES string of the molecule is CN=C(NCc1cc(F)ccc1Br)N1CCC(COCCOC)C1.I. The van der Waals surface area contributed by atoms with Gasteiger partial charge in [0.15, 0.2) is 5.96 Å². The average Bonchev–Trinajstić information content (AvgIpc) is 3.04. The molecule has 1 unspecified atom stereocenters. The summed E-state index contributed by atoms with van der Waals surface area (Å²) in [7, 11) is 3.44. The van der Waals surface area contributed by atoms with Gasteiger partial charge in [0.05, 0.1) is 19.8 Å². The number of benzene rings is 1. The van der Waals surface area contributed by atoms with Gasteiger partial charge in [-0.25, -0.2) is 4.39 Å². The van der Waals surface area contributed by atoms with Crippen molar-refractivity contribution in [2.45, 2.75) is 13.0 Å². The number of nitrogens with one attached hydrogen (secondary N) is 1. The number of hydrogen-bond donors (Lipinski definition) is 1. The molecule has 1 aromatic rings. The van der Waals surface area contributed by atoms with Gasteiger partial charge in [-0.2, -0.15) is 0 Å². The summed E-state index contributed by atoms with van der Waals surface area (Å²) in [6.07, 6.45) is 1.08. The van der Waals surface area contributed by atoms with Gasteiger partial charge in [0, 0.05) is 44.2 Å². The molecule has 1 aliphatic rings. The van der Waals surface area contributed by atoms with E-state index < -0.39 is 0 Å². The van der Waals surface area contributed by atoms with Crippen molar-refractivity contribution in [1.29, 1.82) is 0 Å². The summed E-state index contributed by atoms with van der Waals surface area (Å²) in [5, 5.41) is 3.31. The van der Waals surface area contributed by atoms with Crippen molar-refractivity contribution >= 4 is 45.9 Å². The summed E-state index contributed by atoms with van der Waals surface area (Å²) < 4.78 is 24.9.